The van der Waals surface area contributed by atoms with Gasteiger partial charge in [-0.1, -0.05) is 45.8 Å². The number of halogens is 1. The van der Waals surface area contributed by atoms with Gasteiger partial charge in [0, 0.05) is 13.0 Å². The van der Waals surface area contributed by atoms with Gasteiger partial charge in [0.25, 0.3) is 0 Å². The van der Waals surface area contributed by atoms with Crippen molar-refractivity contribution in [2.45, 2.75) is 28.9 Å². The molecule has 27 heavy (non-hydrogen) atoms. The van der Waals surface area contributed by atoms with E-state index < -0.39 is 25.6 Å². The molecule has 4 atom stereocenters. The van der Waals surface area contributed by atoms with Crippen LogP contribution in [0.2, 0.25) is 0 Å². The summed E-state index contributed by atoms with van der Waals surface area (Å²) in [6.07, 6.45) is 1.53. The van der Waals surface area contributed by atoms with Crippen LogP contribution < -0.4 is 0 Å². The molecule has 6 nitrogen and oxygen atoms in total. The van der Waals surface area contributed by atoms with Crippen LogP contribution in [0.15, 0.2) is 53.1 Å². The van der Waals surface area contributed by atoms with Crippen molar-refractivity contribution in [3.05, 3.63) is 53.8 Å². The predicted molar refractivity (Wildman–Crippen MR) is 101 cm³/mol. The number of Topliss-reactive ketones (excluding diaryl/α,β-unsaturated/α-hetero) is 1. The van der Waals surface area contributed by atoms with Crippen molar-refractivity contribution < 1.29 is 26.9 Å². The van der Waals surface area contributed by atoms with Gasteiger partial charge in [-0.3, -0.25) is 4.79 Å². The predicted octanol–water partition coefficient (Wildman–Crippen LogP) is 2.87. The Morgan fingerprint density at radius 2 is 1.93 bits per heavy atom. The number of carbonyl (C=O) groups is 1. The molecule has 6 rings (SSSR count). The fraction of sp³-hybridized carbons (Fsp3) is 0.421. The molecule has 8 heteroatoms. The number of aryl methyl sites for hydroxylation is 1. The second kappa shape index (κ2) is 5.53. The lowest BCUT2D eigenvalue weighted by molar-refractivity contribution is -0.294. The van der Waals surface area contributed by atoms with Gasteiger partial charge < -0.3 is 13.7 Å². The third-order valence-corrected chi connectivity index (χ3v) is 8.35. The highest BCUT2D eigenvalue weighted by Crippen LogP contribution is 2.67. The third kappa shape index (κ3) is 2.12. The van der Waals surface area contributed by atoms with Gasteiger partial charge in [-0.2, -0.15) is 8.42 Å². The Morgan fingerprint density at radius 3 is 2.52 bits per heavy atom. The van der Waals surface area contributed by atoms with Gasteiger partial charge in [0.05, 0.1) is 6.61 Å². The lowest BCUT2D eigenvalue weighted by atomic mass is 9.52. The van der Waals surface area contributed by atoms with E-state index in [-0.39, 0.29) is 29.0 Å². The minimum absolute atomic E-state index is 0.0251. The average Bonchev–Trinajstić information content (AvgIpc) is 2.61. The number of hydrogen-bond donors (Lipinski definition) is 0. The Labute approximate surface area is 166 Å². The summed E-state index contributed by atoms with van der Waals surface area (Å²) in [5, 5.41) is 0. The number of methoxy groups -OCH3 is 1. The van der Waals surface area contributed by atoms with E-state index >= 15 is 0 Å². The zero-order chi connectivity index (χ0) is 19.8. The molecular formula is C19H19BrO6S. The van der Waals surface area contributed by atoms with Crippen molar-refractivity contribution in [2.24, 2.45) is 11.3 Å². The van der Waals surface area contributed by atoms with Gasteiger partial charge in [0.2, 0.25) is 11.6 Å². The summed E-state index contributed by atoms with van der Waals surface area (Å²) in [4.78, 5) is 13.1. The Morgan fingerprint density at radius 1 is 1.30 bits per heavy atom. The van der Waals surface area contributed by atoms with Crippen LogP contribution in [0.4, 0.5) is 0 Å². The molecule has 144 valence electrons. The molecule has 1 aromatic carbocycles. The lowest BCUT2D eigenvalue weighted by Crippen LogP contribution is -2.77. The van der Waals surface area contributed by atoms with Gasteiger partial charge in [-0.05, 0) is 32.1 Å². The van der Waals surface area contributed by atoms with Crippen LogP contribution in [-0.2, 0) is 28.6 Å². The maximum atomic E-state index is 13.1. The zero-order valence-corrected chi connectivity index (χ0v) is 17.5. The highest BCUT2D eigenvalue weighted by Gasteiger charge is 2.78. The Kier molecular flexibility index (Phi) is 3.86. The first-order chi connectivity index (χ1) is 12.5. The molecule has 3 fully saturated rings. The van der Waals surface area contributed by atoms with E-state index in [0.717, 1.165) is 5.56 Å². The number of fused-ring (bicyclic) bond motifs is 1. The van der Waals surface area contributed by atoms with Crippen LogP contribution in [0.3, 0.4) is 0 Å². The van der Waals surface area contributed by atoms with E-state index in [2.05, 4.69) is 22.5 Å². The van der Waals surface area contributed by atoms with Crippen LogP contribution in [0, 0.1) is 18.3 Å². The highest BCUT2D eigenvalue weighted by molar-refractivity contribution is 9.10. The summed E-state index contributed by atoms with van der Waals surface area (Å²) < 4.78 is 41.4. The highest BCUT2D eigenvalue weighted by atomic mass is 79.9. The summed E-state index contributed by atoms with van der Waals surface area (Å²) in [5.74, 6) is -2.26. The standard InChI is InChI=1S/C19H19BrO6S/c1-11-5-7-13(8-6-11)27(22,23)26-15-9-18(20)14-10-25-19(24-4,16(18)21)17(15,3)12(14)2/h5-9,14H,2,10H2,1,3-4H3/t14-,17+,18-,19-/m1/s1. The van der Waals surface area contributed by atoms with Gasteiger partial charge in [0.15, 0.2) is 0 Å². The fourth-order valence-electron chi connectivity index (χ4n) is 4.24. The molecule has 0 radical (unpaired) electrons. The monoisotopic (exact) mass is 454 g/mol. The van der Waals surface area contributed by atoms with Crippen LogP contribution >= 0.6 is 15.9 Å². The van der Waals surface area contributed by atoms with E-state index in [0.29, 0.717) is 5.57 Å². The Bertz CT molecular complexity index is 998. The summed E-state index contributed by atoms with van der Waals surface area (Å²) >= 11 is 3.49. The van der Waals surface area contributed by atoms with E-state index in [1.807, 2.05) is 6.92 Å². The molecule has 1 saturated carbocycles. The minimum atomic E-state index is -4.11. The molecule has 0 N–H and O–H groups in total. The number of benzene rings is 1. The Hall–Kier alpha value is -1.48. The zero-order valence-electron chi connectivity index (χ0n) is 15.1. The largest absolute Gasteiger partial charge is 0.383 e. The van der Waals surface area contributed by atoms with E-state index in [4.69, 9.17) is 13.7 Å². The maximum absolute atomic E-state index is 13.1. The van der Waals surface area contributed by atoms with E-state index in [1.165, 1.54) is 25.3 Å². The number of allylic oxidation sites excluding steroid dienone is 1. The minimum Gasteiger partial charge on any atom is -0.383 e. The van der Waals surface area contributed by atoms with Crippen molar-refractivity contribution in [3.63, 3.8) is 0 Å². The van der Waals surface area contributed by atoms with Crippen molar-refractivity contribution in [3.8, 4) is 0 Å². The second-order valence-electron chi connectivity index (χ2n) is 7.29. The first kappa shape index (κ1) is 18.9. The first-order valence-electron chi connectivity index (χ1n) is 8.39. The number of rotatable bonds is 4. The molecule has 0 unspecified atom stereocenters. The lowest BCUT2D eigenvalue weighted by Gasteiger charge is -2.64. The van der Waals surface area contributed by atoms with Gasteiger partial charge in [-0.25, -0.2) is 0 Å². The molecule has 4 bridgehead atoms. The van der Waals surface area contributed by atoms with Crippen LogP contribution in [0.5, 0.6) is 0 Å². The second-order valence-corrected chi connectivity index (χ2v) is 10.1. The van der Waals surface area contributed by atoms with Gasteiger partial charge >= 0.3 is 10.1 Å². The summed E-state index contributed by atoms with van der Waals surface area (Å²) in [6, 6.07) is 6.34. The number of hydrogen-bond acceptors (Lipinski definition) is 6. The van der Waals surface area contributed by atoms with E-state index in [1.54, 1.807) is 19.1 Å². The summed E-state index contributed by atoms with van der Waals surface area (Å²) in [5.41, 5.74) is 0.317. The molecule has 3 aliphatic carbocycles. The SMILES string of the molecule is C=C1[C@H]2CO[C@]3(OC)C(=O)[C@@]2(Br)C=C(OS(=O)(=O)c2ccc(C)cc2)[C@]13C. The van der Waals surface area contributed by atoms with Gasteiger partial charge in [-0.15, -0.1) is 0 Å². The molecule has 2 heterocycles. The third-order valence-electron chi connectivity index (χ3n) is 5.96. The van der Waals surface area contributed by atoms with Crippen molar-refractivity contribution in [1.29, 1.82) is 0 Å². The summed E-state index contributed by atoms with van der Waals surface area (Å²) in [6.45, 7) is 7.91. The normalized spacial score (nSPS) is 37.5. The fourth-order valence-corrected chi connectivity index (χ4v) is 6.13. The first-order valence-corrected chi connectivity index (χ1v) is 10.6. The van der Waals surface area contributed by atoms with Gasteiger partial charge in [0.1, 0.15) is 20.4 Å². The maximum Gasteiger partial charge on any atom is 0.338 e. The molecule has 0 amide bonds. The molecule has 5 aliphatic rings. The summed E-state index contributed by atoms with van der Waals surface area (Å²) in [7, 11) is -2.75. The molecular weight excluding hydrogens is 436 g/mol. The van der Waals surface area contributed by atoms with Crippen molar-refractivity contribution in [2.75, 3.05) is 13.7 Å². The number of ether oxygens (including phenoxy) is 2. The number of alkyl halides is 1. The van der Waals surface area contributed by atoms with Crippen LogP contribution in [0.25, 0.3) is 0 Å². The topological polar surface area (TPSA) is 78.9 Å². The molecule has 0 spiro atoms. The molecule has 0 aromatic heterocycles. The quantitative estimate of drug-likeness (QED) is 0.395. The van der Waals surface area contributed by atoms with Crippen molar-refractivity contribution in [1.82, 2.24) is 0 Å². The van der Waals surface area contributed by atoms with Crippen LogP contribution in [0.1, 0.15) is 12.5 Å². The number of carbonyl (C=O) groups excluding carboxylic acids is 1. The average molecular weight is 455 g/mol. The Balaban J connectivity index is 1.85. The van der Waals surface area contributed by atoms with Crippen molar-refractivity contribution >= 4 is 31.8 Å². The smallest absolute Gasteiger partial charge is 0.338 e. The molecule has 2 saturated heterocycles. The molecule has 2 aliphatic heterocycles. The van der Waals surface area contributed by atoms with Crippen LogP contribution in [-0.4, -0.2) is 38.0 Å². The number of ketones is 1. The molecule has 1 aromatic rings. The van der Waals surface area contributed by atoms with E-state index in [9.17, 15) is 13.2 Å².